The van der Waals surface area contributed by atoms with Gasteiger partial charge in [0.25, 0.3) is 5.56 Å². The fourth-order valence-electron chi connectivity index (χ4n) is 5.25. The predicted molar refractivity (Wildman–Crippen MR) is 176 cm³/mol. The third kappa shape index (κ3) is 6.11. The Labute approximate surface area is 269 Å². The van der Waals surface area contributed by atoms with Crippen LogP contribution >= 0.6 is 11.3 Å². The summed E-state index contributed by atoms with van der Waals surface area (Å²) in [7, 11) is 1.58. The fourth-order valence-corrected chi connectivity index (χ4v) is 6.24. The average molecular weight is 628 g/mol. The van der Waals surface area contributed by atoms with E-state index in [0.29, 0.717) is 44.3 Å². The smallest absolute Gasteiger partial charge is 0.338 e. The number of aromatic nitrogens is 1. The van der Waals surface area contributed by atoms with Gasteiger partial charge in [-0.15, -0.1) is 0 Å². The van der Waals surface area contributed by atoms with E-state index in [1.165, 1.54) is 11.3 Å². The van der Waals surface area contributed by atoms with Crippen molar-refractivity contribution >= 4 is 29.1 Å². The van der Waals surface area contributed by atoms with Crippen LogP contribution in [0.4, 0.5) is 0 Å². The second kappa shape index (κ2) is 13.5. The van der Waals surface area contributed by atoms with Crippen LogP contribution in [0.5, 0.6) is 11.5 Å². The lowest BCUT2D eigenvalue weighted by Crippen LogP contribution is -2.40. The Morgan fingerprint density at radius 2 is 1.70 bits per heavy atom. The first-order valence-corrected chi connectivity index (χ1v) is 15.5. The molecule has 46 heavy (non-hydrogen) atoms. The summed E-state index contributed by atoms with van der Waals surface area (Å²) in [6.07, 6.45) is 1.79. The molecule has 0 unspecified atom stereocenters. The van der Waals surface area contributed by atoms with Crippen molar-refractivity contribution in [2.24, 2.45) is 4.99 Å². The van der Waals surface area contributed by atoms with Gasteiger partial charge in [-0.3, -0.25) is 9.36 Å². The third-order valence-electron chi connectivity index (χ3n) is 7.49. The lowest BCUT2D eigenvalue weighted by molar-refractivity contribution is -0.138. The van der Waals surface area contributed by atoms with Gasteiger partial charge in [-0.2, -0.15) is 5.26 Å². The van der Waals surface area contributed by atoms with E-state index in [-0.39, 0.29) is 17.7 Å². The summed E-state index contributed by atoms with van der Waals surface area (Å²) >= 11 is 1.25. The first-order chi connectivity index (χ1) is 22.5. The van der Waals surface area contributed by atoms with Crippen LogP contribution in [0, 0.1) is 11.3 Å². The number of rotatable bonds is 9. The van der Waals surface area contributed by atoms with Crippen molar-refractivity contribution in [1.82, 2.24) is 4.57 Å². The van der Waals surface area contributed by atoms with E-state index in [1.54, 1.807) is 48.9 Å². The molecule has 2 heterocycles. The third-order valence-corrected chi connectivity index (χ3v) is 8.47. The van der Waals surface area contributed by atoms with Crippen LogP contribution < -0.4 is 24.4 Å². The van der Waals surface area contributed by atoms with E-state index in [2.05, 4.69) is 6.07 Å². The number of esters is 1. The van der Waals surface area contributed by atoms with E-state index in [4.69, 9.17) is 24.5 Å². The summed E-state index contributed by atoms with van der Waals surface area (Å²) in [5.74, 6) is 0.710. The molecule has 1 aromatic heterocycles. The number of carbonyl (C=O) groups excluding carboxylic acids is 1. The number of ether oxygens (including phenoxy) is 3. The van der Waals surface area contributed by atoms with Crippen molar-refractivity contribution in [2.75, 3.05) is 13.7 Å². The Bertz CT molecular complexity index is 2140. The zero-order valence-corrected chi connectivity index (χ0v) is 26.0. The lowest BCUT2D eigenvalue weighted by atomic mass is 9.93. The van der Waals surface area contributed by atoms with E-state index in [9.17, 15) is 9.59 Å². The fraction of sp³-hybridized carbons (Fsp3) is 0.135. The monoisotopic (exact) mass is 627 g/mol. The molecule has 0 bridgehead atoms. The summed E-state index contributed by atoms with van der Waals surface area (Å²) < 4.78 is 19.1. The van der Waals surface area contributed by atoms with Crippen molar-refractivity contribution in [2.45, 2.75) is 19.6 Å². The lowest BCUT2D eigenvalue weighted by Gasteiger charge is -2.26. The maximum Gasteiger partial charge on any atom is 0.338 e. The molecule has 1 aliphatic rings. The molecule has 0 aliphatic carbocycles. The average Bonchev–Trinajstić information content (AvgIpc) is 3.41. The van der Waals surface area contributed by atoms with Gasteiger partial charge in [0.2, 0.25) is 0 Å². The highest BCUT2D eigenvalue weighted by Crippen LogP contribution is 2.35. The van der Waals surface area contributed by atoms with Crippen molar-refractivity contribution < 1.29 is 19.0 Å². The van der Waals surface area contributed by atoms with E-state index >= 15 is 0 Å². The first kappa shape index (κ1) is 30.3. The van der Waals surface area contributed by atoms with Crippen LogP contribution in [0.3, 0.4) is 0 Å². The molecule has 0 fully saturated rings. The molecule has 1 aliphatic heterocycles. The van der Waals surface area contributed by atoms with Crippen molar-refractivity contribution in [1.29, 1.82) is 5.26 Å². The van der Waals surface area contributed by atoms with Crippen LogP contribution in [-0.2, 0) is 16.1 Å². The highest BCUT2D eigenvalue weighted by molar-refractivity contribution is 7.07. The minimum Gasteiger partial charge on any atom is -0.497 e. The number of nitriles is 1. The van der Waals surface area contributed by atoms with E-state index in [1.807, 2.05) is 78.9 Å². The largest absolute Gasteiger partial charge is 0.497 e. The number of fused-ring (bicyclic) bond motifs is 1. The van der Waals surface area contributed by atoms with Crippen LogP contribution in [0.25, 0.3) is 11.8 Å². The second-order valence-corrected chi connectivity index (χ2v) is 11.3. The minimum atomic E-state index is -0.790. The molecule has 4 aromatic carbocycles. The van der Waals surface area contributed by atoms with Crippen LogP contribution in [0.15, 0.2) is 118 Å². The molecule has 0 radical (unpaired) electrons. The van der Waals surface area contributed by atoms with Gasteiger partial charge < -0.3 is 14.2 Å². The van der Waals surface area contributed by atoms with Crippen LogP contribution in [0.1, 0.15) is 40.8 Å². The number of benzene rings is 4. The Hall–Kier alpha value is -5.72. The normalized spacial score (nSPS) is 14.2. The highest BCUT2D eigenvalue weighted by Gasteiger charge is 2.35. The molecule has 1 atom stereocenters. The Balaban J connectivity index is 1.50. The maximum atomic E-state index is 14.3. The molecule has 0 amide bonds. The maximum absolute atomic E-state index is 14.3. The topological polar surface area (TPSA) is 103 Å². The van der Waals surface area contributed by atoms with Gasteiger partial charge in [0, 0.05) is 11.1 Å². The number of hydrogen-bond acceptors (Lipinski definition) is 8. The summed E-state index contributed by atoms with van der Waals surface area (Å²) in [6, 6.07) is 32.7. The number of carbonyl (C=O) groups is 1. The Kier molecular flexibility index (Phi) is 8.90. The molecule has 8 nitrogen and oxygen atoms in total. The van der Waals surface area contributed by atoms with Gasteiger partial charge in [0.15, 0.2) is 4.80 Å². The first-order valence-electron chi connectivity index (χ1n) is 14.6. The predicted octanol–water partition coefficient (Wildman–Crippen LogP) is 5.39. The Morgan fingerprint density at radius 3 is 2.39 bits per heavy atom. The summed E-state index contributed by atoms with van der Waals surface area (Å²) in [5.41, 5.74) is 4.11. The second-order valence-electron chi connectivity index (χ2n) is 10.3. The quantitative estimate of drug-likeness (QED) is 0.203. The summed E-state index contributed by atoms with van der Waals surface area (Å²) in [4.78, 5) is 33.3. The molecule has 0 N–H and O–H groups in total. The standard InChI is InChI=1S/C37H29N3O5S/c1-3-44-36(42)32-33(26-9-5-4-6-10-26)39-37-40(34(32)27-17-19-29(43-2)20-18-27)35(41)31(46-37)21-28-11-7-8-12-30(28)45-23-25-15-13-24(22-38)14-16-25/h4-21,34H,3,23H2,1-2H3/b31-21-/t34-/m0/s1. The molecule has 0 spiro atoms. The van der Waals surface area contributed by atoms with Gasteiger partial charge in [0.1, 0.15) is 18.1 Å². The zero-order chi connectivity index (χ0) is 32.0. The van der Waals surface area contributed by atoms with Crippen molar-refractivity contribution in [3.63, 3.8) is 0 Å². The van der Waals surface area contributed by atoms with Crippen molar-refractivity contribution in [3.05, 3.63) is 156 Å². The van der Waals surface area contributed by atoms with Gasteiger partial charge in [-0.05, 0) is 54.5 Å². The molecule has 9 heteroatoms. The van der Waals surface area contributed by atoms with Gasteiger partial charge in [0.05, 0.1) is 47.2 Å². The molecular formula is C37H29N3O5S. The number of para-hydroxylation sites is 1. The Morgan fingerprint density at radius 1 is 0.978 bits per heavy atom. The number of nitrogens with zero attached hydrogens (tertiary/aromatic N) is 3. The van der Waals surface area contributed by atoms with E-state index in [0.717, 1.165) is 16.7 Å². The minimum absolute atomic E-state index is 0.170. The van der Waals surface area contributed by atoms with Gasteiger partial charge in [-0.25, -0.2) is 9.79 Å². The SMILES string of the molecule is CCOC(=O)C1=C(c2ccccc2)N=c2s/c(=C\c3ccccc3OCc3ccc(C#N)cc3)c(=O)n2[C@H]1c1ccc(OC)cc1. The number of methoxy groups -OCH3 is 1. The molecule has 0 saturated heterocycles. The zero-order valence-electron chi connectivity index (χ0n) is 25.2. The molecular weight excluding hydrogens is 598 g/mol. The molecule has 228 valence electrons. The van der Waals surface area contributed by atoms with Crippen LogP contribution in [0.2, 0.25) is 0 Å². The molecule has 0 saturated carbocycles. The van der Waals surface area contributed by atoms with Gasteiger partial charge >= 0.3 is 5.97 Å². The van der Waals surface area contributed by atoms with E-state index < -0.39 is 12.0 Å². The van der Waals surface area contributed by atoms with Crippen LogP contribution in [-0.4, -0.2) is 24.3 Å². The number of thiazole rings is 1. The highest BCUT2D eigenvalue weighted by atomic mass is 32.1. The molecule has 5 aromatic rings. The van der Waals surface area contributed by atoms with Crippen molar-refractivity contribution in [3.8, 4) is 17.6 Å². The van der Waals surface area contributed by atoms with Gasteiger partial charge in [-0.1, -0.05) is 84.1 Å². The number of hydrogen-bond donors (Lipinski definition) is 0. The summed E-state index contributed by atoms with van der Waals surface area (Å²) in [6.45, 7) is 2.21. The molecule has 6 rings (SSSR count). The summed E-state index contributed by atoms with van der Waals surface area (Å²) in [5, 5.41) is 9.09.